The number of amides is 1. The van der Waals surface area contributed by atoms with Crippen LogP contribution in [0.5, 0.6) is 0 Å². The molecule has 0 spiro atoms. The molecule has 4 rings (SSSR count). The van der Waals surface area contributed by atoms with Gasteiger partial charge in [-0.05, 0) is 47.4 Å². The highest BCUT2D eigenvalue weighted by Gasteiger charge is 2.13. The van der Waals surface area contributed by atoms with Crippen molar-refractivity contribution in [3.63, 3.8) is 0 Å². The molecule has 0 aliphatic carbocycles. The van der Waals surface area contributed by atoms with Crippen molar-refractivity contribution in [1.82, 2.24) is 14.9 Å². The topological polar surface area (TPSA) is 46.9 Å². The summed E-state index contributed by atoms with van der Waals surface area (Å²) in [4.78, 5) is 17.4. The first-order valence-electron chi connectivity index (χ1n) is 10.1. The van der Waals surface area contributed by atoms with Gasteiger partial charge in [0, 0.05) is 16.6 Å². The number of hydrogen-bond acceptors (Lipinski definition) is 2. The van der Waals surface area contributed by atoms with E-state index in [-0.39, 0.29) is 5.91 Å². The smallest absolute Gasteiger partial charge is 0.251 e. The molecule has 0 fully saturated rings. The molecule has 4 aromatic rings. The van der Waals surface area contributed by atoms with Gasteiger partial charge in [0.25, 0.3) is 5.91 Å². The van der Waals surface area contributed by atoms with Crippen LogP contribution in [0, 0.1) is 0 Å². The van der Waals surface area contributed by atoms with Crippen molar-refractivity contribution in [2.24, 2.45) is 0 Å². The molecule has 0 saturated carbocycles. The highest BCUT2D eigenvalue weighted by Crippen LogP contribution is 2.20. The molecule has 0 aliphatic rings. The quantitative estimate of drug-likeness (QED) is 0.388. The number of rotatable bonds is 6. The minimum absolute atomic E-state index is 0.115. The Bertz CT molecular complexity index is 1180. The van der Waals surface area contributed by atoms with Gasteiger partial charge in [-0.2, -0.15) is 0 Å². The van der Waals surface area contributed by atoms with E-state index in [9.17, 15) is 4.79 Å². The Morgan fingerprint density at radius 1 is 1.03 bits per heavy atom. The number of hydrogen-bond donors (Lipinski definition) is 1. The Labute approximate surface area is 185 Å². The molecule has 1 amide bonds. The molecular formula is C25H24BrN3O. The highest BCUT2D eigenvalue weighted by atomic mass is 79.9. The van der Waals surface area contributed by atoms with Crippen LogP contribution in [0.1, 0.15) is 47.1 Å². The maximum Gasteiger partial charge on any atom is 0.251 e. The van der Waals surface area contributed by atoms with Gasteiger partial charge in [-0.1, -0.05) is 72.2 Å². The Morgan fingerprint density at radius 2 is 1.80 bits per heavy atom. The van der Waals surface area contributed by atoms with Crippen molar-refractivity contribution < 1.29 is 4.79 Å². The van der Waals surface area contributed by atoms with Crippen molar-refractivity contribution in [2.45, 2.75) is 32.9 Å². The summed E-state index contributed by atoms with van der Waals surface area (Å²) in [5.74, 6) is 1.24. The van der Waals surface area contributed by atoms with Crippen LogP contribution in [0.2, 0.25) is 0 Å². The fourth-order valence-corrected chi connectivity index (χ4v) is 3.92. The number of nitrogens with zero attached hydrogens (tertiary/aromatic N) is 2. The first kappa shape index (κ1) is 20.4. The number of halogens is 1. The van der Waals surface area contributed by atoms with E-state index in [1.807, 2.05) is 36.4 Å². The second-order valence-electron chi connectivity index (χ2n) is 7.69. The number of fused-ring (bicyclic) bond motifs is 1. The monoisotopic (exact) mass is 461 g/mol. The third kappa shape index (κ3) is 4.46. The first-order chi connectivity index (χ1) is 14.5. The molecule has 0 saturated heterocycles. The molecule has 1 heterocycles. The molecule has 3 aromatic carbocycles. The van der Waals surface area contributed by atoms with E-state index in [1.54, 1.807) is 6.07 Å². The fourth-order valence-electron chi connectivity index (χ4n) is 3.52. The van der Waals surface area contributed by atoms with Crippen molar-refractivity contribution in [1.29, 1.82) is 0 Å². The number of aromatic nitrogens is 2. The van der Waals surface area contributed by atoms with E-state index in [0.717, 1.165) is 21.3 Å². The maximum absolute atomic E-state index is 12.6. The zero-order chi connectivity index (χ0) is 21.1. The molecule has 152 valence electrons. The van der Waals surface area contributed by atoms with E-state index in [2.05, 4.69) is 70.0 Å². The number of para-hydroxylation sites is 2. The minimum Gasteiger partial charge on any atom is -0.345 e. The van der Waals surface area contributed by atoms with Crippen LogP contribution < -0.4 is 5.32 Å². The average molecular weight is 462 g/mol. The summed E-state index contributed by atoms with van der Waals surface area (Å²) in [5, 5.41) is 3.01. The van der Waals surface area contributed by atoms with Crippen molar-refractivity contribution >= 4 is 32.9 Å². The fraction of sp³-hybridized carbons (Fsp3) is 0.200. The van der Waals surface area contributed by atoms with Crippen molar-refractivity contribution in [2.75, 3.05) is 0 Å². The normalized spacial score (nSPS) is 11.2. The zero-order valence-corrected chi connectivity index (χ0v) is 18.7. The SMILES string of the molecule is CC(C)c1ccc(Cn2c(CNC(=O)c3cccc(Br)c3)nc3ccccc32)cc1. The second kappa shape index (κ2) is 8.84. The predicted octanol–water partition coefficient (Wildman–Crippen LogP) is 5.90. The molecule has 0 radical (unpaired) electrons. The lowest BCUT2D eigenvalue weighted by Crippen LogP contribution is -2.24. The van der Waals surface area contributed by atoms with Crippen LogP contribution in [-0.4, -0.2) is 15.5 Å². The Morgan fingerprint density at radius 3 is 2.53 bits per heavy atom. The van der Waals surface area contributed by atoms with Gasteiger partial charge in [-0.3, -0.25) is 4.79 Å². The van der Waals surface area contributed by atoms with Crippen molar-refractivity contribution in [3.8, 4) is 0 Å². The van der Waals surface area contributed by atoms with Gasteiger partial charge in [0.1, 0.15) is 5.82 Å². The third-order valence-corrected chi connectivity index (χ3v) is 5.71. The van der Waals surface area contributed by atoms with Crippen LogP contribution in [-0.2, 0) is 13.1 Å². The Kier molecular flexibility index (Phi) is 6.00. The Balaban J connectivity index is 1.59. The number of benzene rings is 3. The molecule has 1 aromatic heterocycles. The average Bonchev–Trinajstić information content (AvgIpc) is 3.10. The molecule has 1 N–H and O–H groups in total. The van der Waals surface area contributed by atoms with Crippen LogP contribution >= 0.6 is 15.9 Å². The number of nitrogens with one attached hydrogen (secondary N) is 1. The largest absolute Gasteiger partial charge is 0.345 e. The lowest BCUT2D eigenvalue weighted by atomic mass is 10.0. The van der Waals surface area contributed by atoms with Crippen LogP contribution in [0.4, 0.5) is 0 Å². The molecule has 4 nitrogen and oxygen atoms in total. The highest BCUT2D eigenvalue weighted by molar-refractivity contribution is 9.10. The summed E-state index contributed by atoms with van der Waals surface area (Å²) in [6.07, 6.45) is 0. The lowest BCUT2D eigenvalue weighted by molar-refractivity contribution is 0.0949. The van der Waals surface area contributed by atoms with Crippen LogP contribution in [0.15, 0.2) is 77.3 Å². The van der Waals surface area contributed by atoms with Crippen LogP contribution in [0.25, 0.3) is 11.0 Å². The van der Waals surface area contributed by atoms with E-state index >= 15 is 0 Å². The summed E-state index contributed by atoms with van der Waals surface area (Å²) < 4.78 is 3.06. The zero-order valence-electron chi connectivity index (χ0n) is 17.1. The molecule has 0 unspecified atom stereocenters. The molecule has 5 heteroatoms. The van der Waals surface area contributed by atoms with Crippen molar-refractivity contribution in [3.05, 3.63) is 99.8 Å². The molecular weight excluding hydrogens is 438 g/mol. The van der Waals surface area contributed by atoms with E-state index < -0.39 is 0 Å². The van der Waals surface area contributed by atoms with Gasteiger partial charge >= 0.3 is 0 Å². The number of carbonyl (C=O) groups excluding carboxylic acids is 1. The van der Waals surface area contributed by atoms with Crippen LogP contribution in [0.3, 0.4) is 0 Å². The van der Waals surface area contributed by atoms with Gasteiger partial charge in [-0.15, -0.1) is 0 Å². The third-order valence-electron chi connectivity index (χ3n) is 5.21. The van der Waals surface area contributed by atoms with Gasteiger partial charge in [0.05, 0.1) is 17.6 Å². The number of carbonyl (C=O) groups is 1. The van der Waals surface area contributed by atoms with Gasteiger partial charge in [0.2, 0.25) is 0 Å². The summed E-state index contributed by atoms with van der Waals surface area (Å²) in [7, 11) is 0. The molecule has 0 atom stereocenters. The predicted molar refractivity (Wildman–Crippen MR) is 125 cm³/mol. The lowest BCUT2D eigenvalue weighted by Gasteiger charge is -2.12. The molecule has 0 aliphatic heterocycles. The van der Waals surface area contributed by atoms with E-state index in [1.165, 1.54) is 11.1 Å². The molecule has 0 bridgehead atoms. The minimum atomic E-state index is -0.115. The molecule has 30 heavy (non-hydrogen) atoms. The standard InChI is InChI=1S/C25H24BrN3O/c1-17(2)19-12-10-18(11-13-19)16-29-23-9-4-3-8-22(23)28-24(29)15-27-25(30)20-6-5-7-21(26)14-20/h3-14,17H,15-16H2,1-2H3,(H,27,30). The maximum atomic E-state index is 12.6. The number of imidazole rings is 1. The second-order valence-corrected chi connectivity index (χ2v) is 8.61. The van der Waals surface area contributed by atoms with Gasteiger partial charge < -0.3 is 9.88 Å². The first-order valence-corrected chi connectivity index (χ1v) is 10.9. The Hall–Kier alpha value is -2.92. The summed E-state index contributed by atoms with van der Waals surface area (Å²) in [6, 6.07) is 24.2. The van der Waals surface area contributed by atoms with E-state index in [0.29, 0.717) is 24.6 Å². The summed E-state index contributed by atoms with van der Waals surface area (Å²) >= 11 is 3.42. The summed E-state index contributed by atoms with van der Waals surface area (Å²) in [5.41, 5.74) is 5.16. The van der Waals surface area contributed by atoms with Gasteiger partial charge in [-0.25, -0.2) is 4.98 Å². The van der Waals surface area contributed by atoms with Gasteiger partial charge in [0.15, 0.2) is 0 Å². The van der Waals surface area contributed by atoms with E-state index in [4.69, 9.17) is 4.98 Å². The summed E-state index contributed by atoms with van der Waals surface area (Å²) in [6.45, 7) is 5.47.